The van der Waals surface area contributed by atoms with Gasteiger partial charge in [-0.1, -0.05) is 0 Å². The van der Waals surface area contributed by atoms with Crippen molar-refractivity contribution in [2.75, 3.05) is 46.3 Å². The summed E-state index contributed by atoms with van der Waals surface area (Å²) in [6.45, 7) is 5.59. The van der Waals surface area contributed by atoms with Crippen molar-refractivity contribution in [3.05, 3.63) is 28.4 Å². The first-order valence-electron chi connectivity index (χ1n) is 8.29. The second-order valence-electron chi connectivity index (χ2n) is 6.61. The van der Waals surface area contributed by atoms with Gasteiger partial charge in [-0.15, -0.1) is 0 Å². The first-order chi connectivity index (χ1) is 11.0. The zero-order chi connectivity index (χ0) is 16.4. The van der Waals surface area contributed by atoms with E-state index in [1.807, 2.05) is 4.90 Å². The van der Waals surface area contributed by atoms with Crippen molar-refractivity contribution in [3.8, 4) is 0 Å². The SMILES string of the molecule is CN1CCCC(N2CCN(C(=O)c3cn(C)c(=O)cn3)CC2)C1. The molecule has 0 spiro atoms. The Morgan fingerprint density at radius 3 is 2.57 bits per heavy atom. The van der Waals surface area contributed by atoms with E-state index < -0.39 is 0 Å². The number of carbonyl (C=O) groups excluding carboxylic acids is 1. The molecular weight excluding hydrogens is 294 g/mol. The summed E-state index contributed by atoms with van der Waals surface area (Å²) in [7, 11) is 3.82. The number of hydrogen-bond donors (Lipinski definition) is 0. The Hall–Kier alpha value is -1.73. The van der Waals surface area contributed by atoms with Crippen LogP contribution in [-0.4, -0.2) is 82.5 Å². The van der Waals surface area contributed by atoms with Crippen LogP contribution < -0.4 is 5.56 Å². The summed E-state index contributed by atoms with van der Waals surface area (Å²) in [4.78, 5) is 34.6. The Morgan fingerprint density at radius 1 is 1.17 bits per heavy atom. The molecule has 2 aliphatic rings. The van der Waals surface area contributed by atoms with Crippen LogP contribution in [0.2, 0.25) is 0 Å². The van der Waals surface area contributed by atoms with Crippen LogP contribution in [0.25, 0.3) is 0 Å². The van der Waals surface area contributed by atoms with E-state index in [0.29, 0.717) is 11.7 Å². The predicted octanol–water partition coefficient (Wildman–Crippen LogP) is -0.368. The Kier molecular flexibility index (Phi) is 4.77. The van der Waals surface area contributed by atoms with Crippen molar-refractivity contribution in [1.82, 2.24) is 24.3 Å². The molecule has 2 aliphatic heterocycles. The molecule has 0 saturated carbocycles. The van der Waals surface area contributed by atoms with Crippen LogP contribution >= 0.6 is 0 Å². The average molecular weight is 319 g/mol. The van der Waals surface area contributed by atoms with E-state index in [9.17, 15) is 9.59 Å². The number of aromatic nitrogens is 2. The summed E-state index contributed by atoms with van der Waals surface area (Å²) < 4.78 is 1.40. The van der Waals surface area contributed by atoms with Crippen LogP contribution in [-0.2, 0) is 7.05 Å². The van der Waals surface area contributed by atoms with Gasteiger partial charge in [0.15, 0.2) is 0 Å². The summed E-state index contributed by atoms with van der Waals surface area (Å²) in [5.41, 5.74) is 0.144. The fraction of sp³-hybridized carbons (Fsp3) is 0.688. The number of likely N-dealkylation sites (tertiary alicyclic amines) is 1. The molecule has 1 atom stereocenters. The van der Waals surface area contributed by atoms with E-state index in [0.717, 1.165) is 32.7 Å². The van der Waals surface area contributed by atoms with E-state index in [1.165, 1.54) is 36.3 Å². The Labute approximate surface area is 136 Å². The molecule has 7 nitrogen and oxygen atoms in total. The smallest absolute Gasteiger partial charge is 0.274 e. The van der Waals surface area contributed by atoms with Crippen molar-refractivity contribution in [3.63, 3.8) is 0 Å². The Morgan fingerprint density at radius 2 is 1.91 bits per heavy atom. The number of aryl methyl sites for hydroxylation is 1. The van der Waals surface area contributed by atoms with E-state index in [4.69, 9.17) is 0 Å². The molecule has 0 N–H and O–H groups in total. The lowest BCUT2D eigenvalue weighted by Crippen LogP contribution is -2.55. The molecule has 126 valence electrons. The predicted molar refractivity (Wildman–Crippen MR) is 87.5 cm³/mol. The molecule has 1 unspecified atom stereocenters. The topological polar surface area (TPSA) is 61.7 Å². The lowest BCUT2D eigenvalue weighted by molar-refractivity contribution is 0.0447. The number of nitrogens with zero attached hydrogens (tertiary/aromatic N) is 5. The van der Waals surface area contributed by atoms with Gasteiger partial charge in [0.2, 0.25) is 0 Å². The van der Waals surface area contributed by atoms with Gasteiger partial charge in [-0.25, -0.2) is 4.98 Å². The van der Waals surface area contributed by atoms with Gasteiger partial charge in [0.05, 0.1) is 6.20 Å². The third-order valence-electron chi connectivity index (χ3n) is 4.91. The molecule has 1 aromatic heterocycles. The third-order valence-corrected chi connectivity index (χ3v) is 4.91. The maximum atomic E-state index is 12.5. The second-order valence-corrected chi connectivity index (χ2v) is 6.61. The third kappa shape index (κ3) is 3.61. The van der Waals surface area contributed by atoms with Crippen molar-refractivity contribution in [2.45, 2.75) is 18.9 Å². The fourth-order valence-electron chi connectivity index (χ4n) is 3.50. The number of rotatable bonds is 2. The highest BCUT2D eigenvalue weighted by atomic mass is 16.2. The molecule has 0 aliphatic carbocycles. The zero-order valence-electron chi connectivity index (χ0n) is 13.9. The first-order valence-corrected chi connectivity index (χ1v) is 8.29. The highest BCUT2D eigenvalue weighted by Crippen LogP contribution is 2.17. The number of piperazine rings is 1. The van der Waals surface area contributed by atoms with E-state index in [2.05, 4.69) is 21.8 Å². The molecule has 0 aromatic carbocycles. The quantitative estimate of drug-likeness (QED) is 0.744. The normalized spacial score (nSPS) is 23.9. The Bertz CT molecular complexity index is 621. The van der Waals surface area contributed by atoms with Crippen LogP contribution in [0, 0.1) is 0 Å². The van der Waals surface area contributed by atoms with Gasteiger partial charge in [0, 0.05) is 52.0 Å². The first kappa shape index (κ1) is 16.1. The number of likely N-dealkylation sites (N-methyl/N-ethyl adjacent to an activating group) is 1. The summed E-state index contributed by atoms with van der Waals surface area (Å²) in [6.07, 6.45) is 5.23. The van der Waals surface area contributed by atoms with Crippen molar-refractivity contribution < 1.29 is 4.79 Å². The van der Waals surface area contributed by atoms with Crippen LogP contribution in [0.3, 0.4) is 0 Å². The highest BCUT2D eigenvalue weighted by Gasteiger charge is 2.29. The van der Waals surface area contributed by atoms with Gasteiger partial charge in [0.1, 0.15) is 5.69 Å². The van der Waals surface area contributed by atoms with Crippen LogP contribution in [0.5, 0.6) is 0 Å². The van der Waals surface area contributed by atoms with Crippen molar-refractivity contribution in [1.29, 1.82) is 0 Å². The molecule has 2 saturated heterocycles. The van der Waals surface area contributed by atoms with E-state index in [1.54, 1.807) is 7.05 Å². The monoisotopic (exact) mass is 319 g/mol. The second kappa shape index (κ2) is 6.80. The highest BCUT2D eigenvalue weighted by molar-refractivity contribution is 5.92. The van der Waals surface area contributed by atoms with E-state index >= 15 is 0 Å². The number of hydrogen-bond acceptors (Lipinski definition) is 5. The molecule has 7 heteroatoms. The fourth-order valence-corrected chi connectivity index (χ4v) is 3.50. The molecule has 0 radical (unpaired) electrons. The van der Waals surface area contributed by atoms with Gasteiger partial charge in [-0.3, -0.25) is 14.5 Å². The zero-order valence-corrected chi connectivity index (χ0v) is 13.9. The van der Waals surface area contributed by atoms with Gasteiger partial charge in [0.25, 0.3) is 11.5 Å². The summed E-state index contributed by atoms with van der Waals surface area (Å²) >= 11 is 0. The lowest BCUT2D eigenvalue weighted by atomic mass is 10.0. The molecule has 3 heterocycles. The maximum Gasteiger partial charge on any atom is 0.274 e. The minimum Gasteiger partial charge on any atom is -0.335 e. The largest absolute Gasteiger partial charge is 0.335 e. The summed E-state index contributed by atoms with van der Waals surface area (Å²) in [5.74, 6) is -0.0824. The summed E-state index contributed by atoms with van der Waals surface area (Å²) in [5, 5.41) is 0. The van der Waals surface area contributed by atoms with Gasteiger partial charge < -0.3 is 14.4 Å². The standard InChI is InChI=1S/C16H25N5O2/c1-18-5-3-4-13(11-18)20-6-8-21(9-7-20)16(23)14-12-19(2)15(22)10-17-14/h10,12-13H,3-9,11H2,1-2H3. The molecular formula is C16H25N5O2. The van der Waals surface area contributed by atoms with Crippen LogP contribution in [0.4, 0.5) is 0 Å². The minimum atomic E-state index is -0.201. The molecule has 23 heavy (non-hydrogen) atoms. The number of piperidine rings is 1. The molecule has 1 amide bonds. The number of amides is 1. The van der Waals surface area contributed by atoms with Gasteiger partial charge in [-0.2, -0.15) is 0 Å². The van der Waals surface area contributed by atoms with Gasteiger partial charge in [-0.05, 0) is 26.4 Å². The molecule has 3 rings (SSSR count). The molecule has 0 bridgehead atoms. The van der Waals surface area contributed by atoms with Crippen LogP contribution in [0.1, 0.15) is 23.3 Å². The molecule has 1 aromatic rings. The molecule has 2 fully saturated rings. The maximum absolute atomic E-state index is 12.5. The summed E-state index contributed by atoms with van der Waals surface area (Å²) in [6, 6.07) is 0.613. The number of carbonyl (C=O) groups is 1. The van der Waals surface area contributed by atoms with Crippen LogP contribution in [0.15, 0.2) is 17.2 Å². The van der Waals surface area contributed by atoms with E-state index in [-0.39, 0.29) is 11.5 Å². The lowest BCUT2D eigenvalue weighted by Gasteiger charge is -2.42. The Balaban J connectivity index is 1.58. The minimum absolute atomic E-state index is 0.0824. The average Bonchev–Trinajstić information content (AvgIpc) is 2.57. The van der Waals surface area contributed by atoms with Crippen molar-refractivity contribution in [2.24, 2.45) is 7.05 Å². The van der Waals surface area contributed by atoms with Crippen molar-refractivity contribution >= 4 is 5.91 Å². The van der Waals surface area contributed by atoms with Gasteiger partial charge >= 0.3 is 0 Å².